The van der Waals surface area contributed by atoms with Crippen LogP contribution in [0.2, 0.25) is 0 Å². The van der Waals surface area contributed by atoms with E-state index in [1.165, 1.54) is 0 Å². The Morgan fingerprint density at radius 1 is 1.42 bits per heavy atom. The van der Waals surface area contributed by atoms with E-state index in [2.05, 4.69) is 30.4 Å². The van der Waals surface area contributed by atoms with Gasteiger partial charge in [-0.1, -0.05) is 0 Å². The van der Waals surface area contributed by atoms with Crippen LogP contribution >= 0.6 is 11.3 Å². The Balaban J connectivity index is 1.74. The molecular formula is C12H18N6S. The molecule has 7 heteroatoms. The summed E-state index contributed by atoms with van der Waals surface area (Å²) in [5, 5.41) is 10.7. The van der Waals surface area contributed by atoms with E-state index >= 15 is 0 Å². The molecule has 0 bridgehead atoms. The van der Waals surface area contributed by atoms with Crippen molar-refractivity contribution in [1.29, 1.82) is 0 Å². The SMILES string of the molecule is CNC1CCN(c2n[nH]c(-c3scnc3C)n2)CC1. The molecule has 3 heterocycles. The Hall–Kier alpha value is -1.47. The Morgan fingerprint density at radius 3 is 2.84 bits per heavy atom. The van der Waals surface area contributed by atoms with Crippen LogP contribution in [0, 0.1) is 6.92 Å². The lowest BCUT2D eigenvalue weighted by Gasteiger charge is -2.30. The van der Waals surface area contributed by atoms with Crippen molar-refractivity contribution in [3.8, 4) is 10.7 Å². The average Bonchev–Trinajstić information content (AvgIpc) is 3.07. The zero-order valence-corrected chi connectivity index (χ0v) is 12.0. The lowest BCUT2D eigenvalue weighted by Crippen LogP contribution is -2.41. The first-order valence-electron chi connectivity index (χ1n) is 6.53. The van der Waals surface area contributed by atoms with Gasteiger partial charge in [0.2, 0.25) is 5.95 Å². The van der Waals surface area contributed by atoms with Gasteiger partial charge in [-0.05, 0) is 26.8 Å². The maximum atomic E-state index is 4.60. The predicted octanol–water partition coefficient (Wildman–Crippen LogP) is 1.42. The van der Waals surface area contributed by atoms with Crippen LogP contribution in [0.5, 0.6) is 0 Å². The highest BCUT2D eigenvalue weighted by molar-refractivity contribution is 7.13. The number of hydrogen-bond donors (Lipinski definition) is 2. The van der Waals surface area contributed by atoms with Crippen molar-refractivity contribution in [2.75, 3.05) is 25.0 Å². The second kappa shape index (κ2) is 5.26. The van der Waals surface area contributed by atoms with E-state index in [1.807, 2.05) is 19.5 Å². The molecule has 6 nitrogen and oxygen atoms in total. The average molecular weight is 278 g/mol. The van der Waals surface area contributed by atoms with Crippen LogP contribution in [0.3, 0.4) is 0 Å². The van der Waals surface area contributed by atoms with Crippen molar-refractivity contribution >= 4 is 17.3 Å². The van der Waals surface area contributed by atoms with Gasteiger partial charge in [0, 0.05) is 19.1 Å². The monoisotopic (exact) mass is 278 g/mol. The summed E-state index contributed by atoms with van der Waals surface area (Å²) in [4.78, 5) is 12.2. The maximum absolute atomic E-state index is 4.60. The minimum Gasteiger partial charge on any atom is -0.339 e. The third kappa shape index (κ3) is 2.48. The Morgan fingerprint density at radius 2 is 2.21 bits per heavy atom. The van der Waals surface area contributed by atoms with Crippen LogP contribution in [0.4, 0.5) is 5.95 Å². The van der Waals surface area contributed by atoms with Crippen LogP contribution in [-0.2, 0) is 0 Å². The number of H-pyrrole nitrogens is 1. The van der Waals surface area contributed by atoms with Gasteiger partial charge in [-0.15, -0.1) is 16.4 Å². The molecule has 0 unspecified atom stereocenters. The zero-order valence-electron chi connectivity index (χ0n) is 11.2. The first kappa shape index (κ1) is 12.6. The summed E-state index contributed by atoms with van der Waals surface area (Å²) in [6.07, 6.45) is 2.28. The molecule has 0 amide bonds. The van der Waals surface area contributed by atoms with Gasteiger partial charge in [0.15, 0.2) is 5.82 Å². The number of rotatable bonds is 3. The molecule has 1 saturated heterocycles. The second-order valence-electron chi connectivity index (χ2n) is 4.80. The standard InChI is InChI=1S/C12H18N6S/c1-8-10(19-7-14-8)11-15-12(17-16-11)18-5-3-9(13-2)4-6-18/h7,9,13H,3-6H2,1-2H3,(H,15,16,17). The highest BCUT2D eigenvalue weighted by atomic mass is 32.1. The Bertz CT molecular complexity index is 540. The summed E-state index contributed by atoms with van der Waals surface area (Å²) in [5.41, 5.74) is 2.84. The second-order valence-corrected chi connectivity index (χ2v) is 5.66. The first-order chi connectivity index (χ1) is 9.28. The summed E-state index contributed by atoms with van der Waals surface area (Å²) < 4.78 is 0. The van der Waals surface area contributed by atoms with Crippen molar-refractivity contribution in [2.45, 2.75) is 25.8 Å². The largest absolute Gasteiger partial charge is 0.339 e. The molecule has 2 aromatic heterocycles. The molecule has 102 valence electrons. The lowest BCUT2D eigenvalue weighted by molar-refractivity contribution is 0.439. The molecule has 0 radical (unpaired) electrons. The van der Waals surface area contributed by atoms with Crippen LogP contribution in [0.15, 0.2) is 5.51 Å². The van der Waals surface area contributed by atoms with E-state index < -0.39 is 0 Å². The van der Waals surface area contributed by atoms with Gasteiger partial charge in [-0.2, -0.15) is 4.98 Å². The first-order valence-corrected chi connectivity index (χ1v) is 7.41. The summed E-state index contributed by atoms with van der Waals surface area (Å²) in [7, 11) is 2.03. The maximum Gasteiger partial charge on any atom is 0.245 e. The highest BCUT2D eigenvalue weighted by Crippen LogP contribution is 2.25. The smallest absolute Gasteiger partial charge is 0.245 e. The van der Waals surface area contributed by atoms with E-state index in [0.717, 1.165) is 48.3 Å². The van der Waals surface area contributed by atoms with E-state index in [-0.39, 0.29) is 0 Å². The number of piperidine rings is 1. The third-order valence-corrected chi connectivity index (χ3v) is 4.56. The molecule has 3 rings (SSSR count). The van der Waals surface area contributed by atoms with Crippen molar-refractivity contribution in [2.24, 2.45) is 0 Å². The molecule has 0 aromatic carbocycles. The molecule has 1 fully saturated rings. The topological polar surface area (TPSA) is 69.7 Å². The van der Waals surface area contributed by atoms with Crippen LogP contribution in [0.1, 0.15) is 18.5 Å². The highest BCUT2D eigenvalue weighted by Gasteiger charge is 2.21. The fourth-order valence-corrected chi connectivity index (χ4v) is 3.14. The van der Waals surface area contributed by atoms with E-state index in [9.17, 15) is 0 Å². The Kier molecular flexibility index (Phi) is 3.48. The number of hydrogen-bond acceptors (Lipinski definition) is 6. The molecule has 0 aliphatic carbocycles. The van der Waals surface area contributed by atoms with Gasteiger partial charge in [0.25, 0.3) is 0 Å². The number of aromatic nitrogens is 4. The van der Waals surface area contributed by atoms with Crippen LogP contribution < -0.4 is 10.2 Å². The van der Waals surface area contributed by atoms with Gasteiger partial charge in [0.1, 0.15) is 0 Å². The molecule has 0 atom stereocenters. The fourth-order valence-electron chi connectivity index (χ4n) is 2.39. The molecule has 2 aromatic rings. The van der Waals surface area contributed by atoms with E-state index in [4.69, 9.17) is 0 Å². The van der Waals surface area contributed by atoms with Crippen molar-refractivity contribution in [3.63, 3.8) is 0 Å². The van der Waals surface area contributed by atoms with Crippen molar-refractivity contribution < 1.29 is 0 Å². The number of nitrogens with one attached hydrogen (secondary N) is 2. The molecule has 0 spiro atoms. The molecule has 0 saturated carbocycles. The molecule has 2 N–H and O–H groups in total. The third-order valence-electron chi connectivity index (χ3n) is 3.62. The van der Waals surface area contributed by atoms with Gasteiger partial charge in [-0.3, -0.25) is 5.10 Å². The van der Waals surface area contributed by atoms with Gasteiger partial charge in [-0.25, -0.2) is 4.98 Å². The minimum atomic E-state index is 0.624. The van der Waals surface area contributed by atoms with Crippen molar-refractivity contribution in [3.05, 3.63) is 11.2 Å². The van der Waals surface area contributed by atoms with Gasteiger partial charge in [0.05, 0.1) is 16.1 Å². The molecule has 1 aliphatic rings. The number of thiazole rings is 1. The number of aryl methyl sites for hydroxylation is 1. The minimum absolute atomic E-state index is 0.624. The number of nitrogens with zero attached hydrogens (tertiary/aromatic N) is 4. The predicted molar refractivity (Wildman–Crippen MR) is 76.5 cm³/mol. The molecule has 19 heavy (non-hydrogen) atoms. The quantitative estimate of drug-likeness (QED) is 0.888. The number of aromatic amines is 1. The van der Waals surface area contributed by atoms with E-state index in [0.29, 0.717) is 6.04 Å². The summed E-state index contributed by atoms with van der Waals surface area (Å²) >= 11 is 1.59. The Labute approximate surface area is 116 Å². The fraction of sp³-hybridized carbons (Fsp3) is 0.583. The summed E-state index contributed by atoms with van der Waals surface area (Å²) in [5.74, 6) is 1.63. The lowest BCUT2D eigenvalue weighted by atomic mass is 10.1. The van der Waals surface area contributed by atoms with Gasteiger partial charge >= 0.3 is 0 Å². The normalized spacial score (nSPS) is 17.1. The molecule has 1 aliphatic heterocycles. The van der Waals surface area contributed by atoms with Crippen LogP contribution in [0.25, 0.3) is 10.7 Å². The molecular weight excluding hydrogens is 260 g/mol. The zero-order chi connectivity index (χ0) is 13.2. The van der Waals surface area contributed by atoms with Gasteiger partial charge < -0.3 is 10.2 Å². The summed E-state index contributed by atoms with van der Waals surface area (Å²) in [6, 6.07) is 0.624. The number of anilines is 1. The van der Waals surface area contributed by atoms with Crippen LogP contribution in [-0.4, -0.2) is 46.3 Å². The summed E-state index contributed by atoms with van der Waals surface area (Å²) in [6.45, 7) is 4.00. The van der Waals surface area contributed by atoms with E-state index in [1.54, 1.807) is 11.3 Å². The van der Waals surface area contributed by atoms with Crippen molar-refractivity contribution in [1.82, 2.24) is 25.5 Å².